The van der Waals surface area contributed by atoms with Crippen LogP contribution in [-0.4, -0.2) is 37.5 Å². The van der Waals surface area contributed by atoms with Crippen molar-refractivity contribution in [2.45, 2.75) is 17.2 Å². The van der Waals surface area contributed by atoms with Gasteiger partial charge in [-0.15, -0.1) is 6.58 Å². The summed E-state index contributed by atoms with van der Waals surface area (Å²) in [6.45, 7) is 5.81. The van der Waals surface area contributed by atoms with Crippen molar-refractivity contribution in [3.63, 3.8) is 0 Å². The topological polar surface area (TPSA) is 72.7 Å². The Balaban J connectivity index is 1.89. The molecule has 2 aromatic heterocycles. The van der Waals surface area contributed by atoms with E-state index in [1.54, 1.807) is 36.0 Å². The van der Waals surface area contributed by atoms with E-state index in [4.69, 9.17) is 0 Å². The minimum Gasteiger partial charge on any atom is -0.352 e. The fourth-order valence-electron chi connectivity index (χ4n) is 2.23. The molecule has 0 aliphatic rings. The number of hydrogen-bond donors (Lipinski definition) is 1. The second kappa shape index (κ2) is 7.43. The van der Waals surface area contributed by atoms with Crippen molar-refractivity contribution >= 4 is 28.7 Å². The van der Waals surface area contributed by atoms with E-state index in [0.29, 0.717) is 22.9 Å². The standard InChI is InChI=1S/C17H16FN5OS/c1-3-8-19-16(24)11(2)25-17-14-9-22-23(15(14)20-10-21-17)13-6-4-12(18)5-7-13/h3-7,9-11H,1,8H2,2H3,(H,19,24)/t11-/m0/s1. The number of carbonyl (C=O) groups excluding carboxylic acids is 1. The molecule has 8 heteroatoms. The lowest BCUT2D eigenvalue weighted by molar-refractivity contribution is -0.120. The number of nitrogens with zero attached hydrogens (tertiary/aromatic N) is 4. The minimum atomic E-state index is -0.327. The van der Waals surface area contributed by atoms with Gasteiger partial charge in [-0.3, -0.25) is 4.79 Å². The van der Waals surface area contributed by atoms with Crippen LogP contribution in [0.5, 0.6) is 0 Å². The van der Waals surface area contributed by atoms with Crippen LogP contribution in [-0.2, 0) is 4.79 Å². The molecule has 0 saturated carbocycles. The summed E-state index contributed by atoms with van der Waals surface area (Å²) in [5, 5.41) is 8.16. The first-order valence-corrected chi connectivity index (χ1v) is 8.48. The molecule has 3 rings (SSSR count). The highest BCUT2D eigenvalue weighted by Crippen LogP contribution is 2.28. The third-order valence-corrected chi connectivity index (χ3v) is 4.59. The maximum atomic E-state index is 13.1. The van der Waals surface area contributed by atoms with E-state index >= 15 is 0 Å². The largest absolute Gasteiger partial charge is 0.352 e. The number of rotatable bonds is 6. The average Bonchev–Trinajstić information content (AvgIpc) is 3.05. The molecule has 25 heavy (non-hydrogen) atoms. The monoisotopic (exact) mass is 357 g/mol. The number of halogens is 1. The number of thioether (sulfide) groups is 1. The molecular weight excluding hydrogens is 341 g/mol. The first-order chi connectivity index (χ1) is 12.1. The number of amides is 1. The quantitative estimate of drug-likeness (QED) is 0.417. The van der Waals surface area contributed by atoms with Crippen LogP contribution in [0, 0.1) is 5.82 Å². The summed E-state index contributed by atoms with van der Waals surface area (Å²) in [5.41, 5.74) is 1.30. The predicted octanol–water partition coefficient (Wildman–Crippen LogP) is 2.74. The number of aromatic nitrogens is 4. The van der Waals surface area contributed by atoms with Gasteiger partial charge in [0.25, 0.3) is 0 Å². The zero-order valence-corrected chi connectivity index (χ0v) is 14.3. The number of carbonyl (C=O) groups is 1. The first kappa shape index (κ1) is 17.1. The molecule has 2 heterocycles. The molecule has 1 aromatic carbocycles. The Morgan fingerprint density at radius 3 is 2.88 bits per heavy atom. The lowest BCUT2D eigenvalue weighted by atomic mass is 10.3. The summed E-state index contributed by atoms with van der Waals surface area (Å²) in [4.78, 5) is 20.6. The Morgan fingerprint density at radius 1 is 1.40 bits per heavy atom. The molecule has 6 nitrogen and oxygen atoms in total. The van der Waals surface area contributed by atoms with Crippen molar-refractivity contribution in [3.8, 4) is 5.69 Å². The summed E-state index contributed by atoms with van der Waals surface area (Å²) >= 11 is 1.33. The van der Waals surface area contributed by atoms with Crippen molar-refractivity contribution in [3.05, 3.63) is 55.3 Å². The summed E-state index contributed by atoms with van der Waals surface area (Å²) in [6, 6.07) is 5.99. The maximum Gasteiger partial charge on any atom is 0.233 e. The van der Waals surface area contributed by atoms with E-state index in [-0.39, 0.29) is 17.0 Å². The molecule has 0 bridgehead atoms. The predicted molar refractivity (Wildman–Crippen MR) is 95.1 cm³/mol. The highest BCUT2D eigenvalue weighted by molar-refractivity contribution is 8.00. The van der Waals surface area contributed by atoms with Crippen LogP contribution >= 0.6 is 11.8 Å². The van der Waals surface area contributed by atoms with Gasteiger partial charge in [-0.1, -0.05) is 17.8 Å². The number of benzene rings is 1. The summed E-state index contributed by atoms with van der Waals surface area (Å²) in [5.74, 6) is -0.409. The SMILES string of the molecule is C=CCNC(=O)[C@H](C)Sc1ncnc2c1cnn2-c1ccc(F)cc1. The number of nitrogens with one attached hydrogen (secondary N) is 1. The fourth-order valence-corrected chi connectivity index (χ4v) is 3.13. The van der Waals surface area contributed by atoms with E-state index in [9.17, 15) is 9.18 Å². The van der Waals surface area contributed by atoms with Crippen LogP contribution in [0.3, 0.4) is 0 Å². The van der Waals surface area contributed by atoms with Gasteiger partial charge in [0, 0.05) is 6.54 Å². The summed E-state index contributed by atoms with van der Waals surface area (Å²) in [6.07, 6.45) is 4.71. The first-order valence-electron chi connectivity index (χ1n) is 7.60. The van der Waals surface area contributed by atoms with Gasteiger partial charge >= 0.3 is 0 Å². The van der Waals surface area contributed by atoms with Crippen LogP contribution in [0.1, 0.15) is 6.92 Å². The second-order valence-electron chi connectivity index (χ2n) is 5.24. The van der Waals surface area contributed by atoms with E-state index in [1.165, 1.54) is 30.2 Å². The van der Waals surface area contributed by atoms with Crippen molar-refractivity contribution in [1.29, 1.82) is 0 Å². The third kappa shape index (κ3) is 3.69. The number of fused-ring (bicyclic) bond motifs is 1. The Labute approximate surface area is 148 Å². The molecule has 1 N–H and O–H groups in total. The fraction of sp³-hybridized carbons (Fsp3) is 0.176. The molecular formula is C17H16FN5OS. The van der Waals surface area contributed by atoms with E-state index < -0.39 is 0 Å². The van der Waals surface area contributed by atoms with Crippen LogP contribution < -0.4 is 5.32 Å². The molecule has 0 saturated heterocycles. The van der Waals surface area contributed by atoms with Crippen molar-refractivity contribution in [1.82, 2.24) is 25.1 Å². The molecule has 0 spiro atoms. The summed E-state index contributed by atoms with van der Waals surface area (Å²) < 4.78 is 14.7. The molecule has 3 aromatic rings. The van der Waals surface area contributed by atoms with E-state index in [2.05, 4.69) is 27.0 Å². The van der Waals surface area contributed by atoms with Crippen LogP contribution in [0.4, 0.5) is 4.39 Å². The van der Waals surface area contributed by atoms with Gasteiger partial charge in [-0.2, -0.15) is 5.10 Å². The molecule has 0 aliphatic carbocycles. The van der Waals surface area contributed by atoms with Crippen molar-refractivity contribution in [2.24, 2.45) is 0 Å². The van der Waals surface area contributed by atoms with Gasteiger partial charge in [-0.25, -0.2) is 19.0 Å². The summed E-state index contributed by atoms with van der Waals surface area (Å²) in [7, 11) is 0. The molecule has 0 aliphatic heterocycles. The van der Waals surface area contributed by atoms with Crippen LogP contribution in [0.25, 0.3) is 16.7 Å². The second-order valence-corrected chi connectivity index (χ2v) is 6.57. The zero-order chi connectivity index (χ0) is 17.8. The average molecular weight is 357 g/mol. The third-order valence-electron chi connectivity index (χ3n) is 3.48. The molecule has 1 amide bonds. The van der Waals surface area contributed by atoms with E-state index in [0.717, 1.165) is 5.39 Å². The molecule has 1 atom stereocenters. The molecule has 0 fully saturated rings. The smallest absolute Gasteiger partial charge is 0.233 e. The molecule has 0 radical (unpaired) electrons. The number of hydrogen-bond acceptors (Lipinski definition) is 5. The highest BCUT2D eigenvalue weighted by atomic mass is 32.2. The molecule has 0 unspecified atom stereocenters. The Morgan fingerprint density at radius 2 is 2.16 bits per heavy atom. The van der Waals surface area contributed by atoms with Gasteiger partial charge in [0.05, 0.1) is 22.5 Å². The zero-order valence-electron chi connectivity index (χ0n) is 13.5. The van der Waals surface area contributed by atoms with Gasteiger partial charge in [0.15, 0.2) is 5.65 Å². The minimum absolute atomic E-state index is 0.0948. The van der Waals surface area contributed by atoms with Crippen LogP contribution in [0.15, 0.2) is 54.5 Å². The van der Waals surface area contributed by atoms with Crippen molar-refractivity contribution < 1.29 is 9.18 Å². The highest BCUT2D eigenvalue weighted by Gasteiger charge is 2.18. The Hall–Kier alpha value is -2.74. The van der Waals surface area contributed by atoms with Gasteiger partial charge in [0.1, 0.15) is 17.2 Å². The van der Waals surface area contributed by atoms with Gasteiger partial charge < -0.3 is 5.32 Å². The van der Waals surface area contributed by atoms with Gasteiger partial charge in [-0.05, 0) is 31.2 Å². The Kier molecular flexibility index (Phi) is 5.08. The van der Waals surface area contributed by atoms with Crippen molar-refractivity contribution in [2.75, 3.05) is 6.54 Å². The van der Waals surface area contributed by atoms with Gasteiger partial charge in [0.2, 0.25) is 5.91 Å². The lowest BCUT2D eigenvalue weighted by Crippen LogP contribution is -2.30. The lowest BCUT2D eigenvalue weighted by Gasteiger charge is -2.10. The Bertz CT molecular complexity index is 909. The maximum absolute atomic E-state index is 13.1. The normalized spacial score (nSPS) is 12.1. The van der Waals surface area contributed by atoms with E-state index in [1.807, 2.05) is 0 Å². The van der Waals surface area contributed by atoms with Crippen LogP contribution in [0.2, 0.25) is 0 Å². The molecule has 128 valence electrons.